The smallest absolute Gasteiger partial charge is 0.338 e. The molecular formula is C18H21NO4. The summed E-state index contributed by atoms with van der Waals surface area (Å²) >= 11 is 0. The quantitative estimate of drug-likeness (QED) is 0.908. The molecule has 0 saturated carbocycles. The summed E-state index contributed by atoms with van der Waals surface area (Å²) in [7, 11) is 0. The van der Waals surface area contributed by atoms with Gasteiger partial charge >= 0.3 is 5.97 Å². The molecule has 2 atom stereocenters. The van der Waals surface area contributed by atoms with Crippen LogP contribution in [0.5, 0.6) is 0 Å². The van der Waals surface area contributed by atoms with E-state index < -0.39 is 12.3 Å². The van der Waals surface area contributed by atoms with Gasteiger partial charge in [-0.1, -0.05) is 43.7 Å². The van der Waals surface area contributed by atoms with Gasteiger partial charge in [-0.2, -0.15) is 0 Å². The third-order valence-corrected chi connectivity index (χ3v) is 4.37. The highest BCUT2D eigenvalue weighted by Crippen LogP contribution is 2.33. The zero-order valence-corrected chi connectivity index (χ0v) is 13.1. The molecule has 0 bridgehead atoms. The molecule has 2 aromatic carbocycles. The number of carboxylic acid groups (broad SMARTS) is 1. The first-order valence-corrected chi connectivity index (χ1v) is 7.95. The van der Waals surface area contributed by atoms with Gasteiger partial charge in [-0.3, -0.25) is 0 Å². The van der Waals surface area contributed by atoms with Gasteiger partial charge in [0.2, 0.25) is 0 Å². The highest BCUT2D eigenvalue weighted by atomic mass is 16.6. The van der Waals surface area contributed by atoms with Crippen molar-refractivity contribution in [1.82, 2.24) is 0 Å². The van der Waals surface area contributed by atoms with Crippen LogP contribution in [0.1, 0.15) is 30.1 Å². The summed E-state index contributed by atoms with van der Waals surface area (Å²) < 4.78 is 5.35. The van der Waals surface area contributed by atoms with Crippen LogP contribution in [-0.2, 0) is 4.74 Å². The summed E-state index contributed by atoms with van der Waals surface area (Å²) in [4.78, 5) is 13.9. The van der Waals surface area contributed by atoms with Crippen LogP contribution in [0.15, 0.2) is 36.4 Å². The molecule has 0 spiro atoms. The third kappa shape index (κ3) is 2.90. The summed E-state index contributed by atoms with van der Waals surface area (Å²) in [5.41, 5.74) is 0.940. The first kappa shape index (κ1) is 15.8. The number of aromatic carboxylic acids is 1. The maximum absolute atomic E-state index is 11.9. The molecule has 1 fully saturated rings. The molecule has 0 aliphatic carbocycles. The minimum atomic E-state index is -0.951. The number of rotatable bonds is 4. The highest BCUT2D eigenvalue weighted by molar-refractivity contribution is 6.08. The molecule has 2 N–H and O–H groups in total. The standard InChI is InChI=1S/C18H21NO4/c1-2-5-15-18(22)23-11-10-19(15)14-9-8-12-6-3-4-7-13(12)16(14)17(20)21/h3-4,6-9,15,18,22H,2,5,10-11H2,1H3,(H,20,21). The van der Waals surface area contributed by atoms with Crippen molar-refractivity contribution in [3.05, 3.63) is 42.0 Å². The lowest BCUT2D eigenvalue weighted by Gasteiger charge is -2.41. The maximum Gasteiger partial charge on any atom is 0.338 e. The lowest BCUT2D eigenvalue weighted by Crippen LogP contribution is -2.51. The molecule has 1 aliphatic rings. The SMILES string of the molecule is CCCC1C(O)OCCN1c1ccc2ccccc2c1C(=O)O. The van der Waals surface area contributed by atoms with Crippen LogP contribution < -0.4 is 4.90 Å². The number of carboxylic acids is 1. The van der Waals surface area contributed by atoms with E-state index in [-0.39, 0.29) is 6.04 Å². The molecule has 1 heterocycles. The van der Waals surface area contributed by atoms with E-state index in [1.807, 2.05) is 48.2 Å². The average molecular weight is 315 g/mol. The number of ether oxygens (including phenoxy) is 1. The summed E-state index contributed by atoms with van der Waals surface area (Å²) in [5.74, 6) is -0.951. The number of hydrogen-bond donors (Lipinski definition) is 2. The predicted octanol–water partition coefficient (Wildman–Crippen LogP) is 2.86. The van der Waals surface area contributed by atoms with E-state index in [0.29, 0.717) is 29.8 Å². The van der Waals surface area contributed by atoms with Gasteiger partial charge in [0, 0.05) is 6.54 Å². The highest BCUT2D eigenvalue weighted by Gasteiger charge is 2.32. The maximum atomic E-state index is 11.9. The number of aliphatic hydroxyl groups is 1. The van der Waals surface area contributed by atoms with Crippen LogP contribution >= 0.6 is 0 Å². The molecule has 1 aliphatic heterocycles. The van der Waals surface area contributed by atoms with Gasteiger partial charge in [-0.15, -0.1) is 0 Å². The van der Waals surface area contributed by atoms with Crippen molar-refractivity contribution in [1.29, 1.82) is 0 Å². The molecule has 1 saturated heterocycles. The number of fused-ring (bicyclic) bond motifs is 1. The van der Waals surface area contributed by atoms with E-state index in [4.69, 9.17) is 4.74 Å². The molecule has 5 nitrogen and oxygen atoms in total. The number of nitrogens with zero attached hydrogens (tertiary/aromatic N) is 1. The van der Waals surface area contributed by atoms with Gasteiger partial charge in [-0.05, 0) is 23.3 Å². The second-order valence-corrected chi connectivity index (χ2v) is 5.80. The van der Waals surface area contributed by atoms with Gasteiger partial charge in [0.25, 0.3) is 0 Å². The number of carbonyl (C=O) groups is 1. The van der Waals surface area contributed by atoms with Gasteiger partial charge in [0.05, 0.1) is 23.9 Å². The fraction of sp³-hybridized carbons (Fsp3) is 0.389. The average Bonchev–Trinajstić information content (AvgIpc) is 2.55. The normalized spacial score (nSPS) is 21.6. The first-order valence-electron chi connectivity index (χ1n) is 7.95. The van der Waals surface area contributed by atoms with Gasteiger partial charge in [-0.25, -0.2) is 4.79 Å². The van der Waals surface area contributed by atoms with Crippen molar-refractivity contribution >= 4 is 22.4 Å². The Morgan fingerprint density at radius 1 is 1.30 bits per heavy atom. The van der Waals surface area contributed by atoms with Crippen LogP contribution in [0.4, 0.5) is 5.69 Å². The topological polar surface area (TPSA) is 70.0 Å². The lowest BCUT2D eigenvalue weighted by molar-refractivity contribution is -0.130. The molecule has 2 unspecified atom stereocenters. The largest absolute Gasteiger partial charge is 0.478 e. The molecule has 0 aromatic heterocycles. The Labute approximate surface area is 135 Å². The first-order chi connectivity index (χ1) is 11.1. The number of aliphatic hydroxyl groups excluding tert-OH is 1. The minimum Gasteiger partial charge on any atom is -0.478 e. The van der Waals surface area contributed by atoms with E-state index in [1.54, 1.807) is 0 Å². The predicted molar refractivity (Wildman–Crippen MR) is 88.9 cm³/mol. The van der Waals surface area contributed by atoms with Gasteiger partial charge < -0.3 is 19.8 Å². The number of hydrogen-bond acceptors (Lipinski definition) is 4. The number of morpholine rings is 1. The van der Waals surface area contributed by atoms with E-state index >= 15 is 0 Å². The molecule has 122 valence electrons. The zero-order valence-electron chi connectivity index (χ0n) is 13.1. The van der Waals surface area contributed by atoms with E-state index in [0.717, 1.165) is 18.2 Å². The Morgan fingerprint density at radius 3 is 2.83 bits per heavy atom. The Kier molecular flexibility index (Phi) is 4.50. The molecule has 3 rings (SSSR count). The zero-order chi connectivity index (χ0) is 16.4. The Morgan fingerprint density at radius 2 is 2.09 bits per heavy atom. The van der Waals surface area contributed by atoms with Crippen LogP contribution in [-0.4, -0.2) is 41.7 Å². The third-order valence-electron chi connectivity index (χ3n) is 4.37. The molecule has 23 heavy (non-hydrogen) atoms. The molecule has 2 aromatic rings. The second kappa shape index (κ2) is 6.56. The molecular weight excluding hydrogens is 294 g/mol. The summed E-state index contributed by atoms with van der Waals surface area (Å²) in [6.45, 7) is 2.99. The van der Waals surface area contributed by atoms with Crippen LogP contribution in [0.25, 0.3) is 10.8 Å². The van der Waals surface area contributed by atoms with Gasteiger partial charge in [0.15, 0.2) is 6.29 Å². The fourth-order valence-electron chi connectivity index (χ4n) is 3.32. The van der Waals surface area contributed by atoms with Crippen LogP contribution in [0.3, 0.4) is 0 Å². The Bertz CT molecular complexity index is 715. The Hall–Kier alpha value is -2.11. The van der Waals surface area contributed by atoms with Crippen molar-refractivity contribution in [3.8, 4) is 0 Å². The molecule has 0 radical (unpaired) electrons. The second-order valence-electron chi connectivity index (χ2n) is 5.80. The monoisotopic (exact) mass is 315 g/mol. The van der Waals surface area contributed by atoms with E-state index in [9.17, 15) is 15.0 Å². The van der Waals surface area contributed by atoms with Crippen molar-refractivity contribution in [2.45, 2.75) is 32.1 Å². The van der Waals surface area contributed by atoms with Crippen molar-refractivity contribution in [2.24, 2.45) is 0 Å². The van der Waals surface area contributed by atoms with Crippen molar-refractivity contribution < 1.29 is 19.7 Å². The van der Waals surface area contributed by atoms with Gasteiger partial charge in [0.1, 0.15) is 0 Å². The summed E-state index contributed by atoms with van der Waals surface area (Å²) in [5, 5.41) is 21.5. The fourth-order valence-corrected chi connectivity index (χ4v) is 3.32. The molecule has 5 heteroatoms. The van der Waals surface area contributed by atoms with Crippen molar-refractivity contribution in [2.75, 3.05) is 18.1 Å². The summed E-state index contributed by atoms with van der Waals surface area (Å²) in [6, 6.07) is 11.0. The van der Waals surface area contributed by atoms with E-state index in [1.165, 1.54) is 0 Å². The minimum absolute atomic E-state index is 0.229. The number of benzene rings is 2. The van der Waals surface area contributed by atoms with Crippen molar-refractivity contribution in [3.63, 3.8) is 0 Å². The lowest BCUT2D eigenvalue weighted by atomic mass is 9.99. The Balaban J connectivity index is 2.14. The summed E-state index contributed by atoms with van der Waals surface area (Å²) in [6.07, 6.45) is 0.738. The number of anilines is 1. The van der Waals surface area contributed by atoms with Crippen LogP contribution in [0.2, 0.25) is 0 Å². The molecule has 0 amide bonds. The van der Waals surface area contributed by atoms with Crippen LogP contribution in [0, 0.1) is 0 Å². The van der Waals surface area contributed by atoms with E-state index in [2.05, 4.69) is 0 Å².